The highest BCUT2D eigenvalue weighted by Gasteiger charge is 2.15. The quantitative estimate of drug-likeness (QED) is 0.843. The molecule has 0 aliphatic rings. The zero-order valence-corrected chi connectivity index (χ0v) is 13.1. The predicted molar refractivity (Wildman–Crippen MR) is 85.7 cm³/mol. The van der Waals surface area contributed by atoms with E-state index in [1.54, 1.807) is 24.2 Å². The Hall–Kier alpha value is -1.87. The molecular weight excluding hydrogens is 284 g/mol. The first-order chi connectivity index (χ1) is 10.1. The molecule has 3 nitrogen and oxygen atoms in total. The molecule has 0 saturated heterocycles. The fourth-order valence-electron chi connectivity index (χ4n) is 2.16. The van der Waals surface area contributed by atoms with E-state index < -0.39 is 0 Å². The molecule has 2 rings (SSSR count). The maximum Gasteiger partial charge on any atom is 0.256 e. The normalized spacial score (nSPS) is 10.4. The van der Waals surface area contributed by atoms with Gasteiger partial charge >= 0.3 is 0 Å². The average Bonchev–Trinajstić information content (AvgIpc) is 2.47. The summed E-state index contributed by atoms with van der Waals surface area (Å²) in [5, 5.41) is 0.461. The molecule has 1 heterocycles. The Balaban J connectivity index is 1.90. The first-order valence-corrected chi connectivity index (χ1v) is 7.37. The lowest BCUT2D eigenvalue weighted by Gasteiger charge is -2.17. The van der Waals surface area contributed by atoms with Crippen molar-refractivity contribution in [2.75, 3.05) is 13.6 Å². The second kappa shape index (κ2) is 7.23. The molecule has 0 aliphatic heterocycles. The van der Waals surface area contributed by atoms with E-state index in [2.05, 4.69) is 17.1 Å². The zero-order chi connectivity index (χ0) is 15.2. The van der Waals surface area contributed by atoms with Crippen LogP contribution in [0.2, 0.25) is 5.02 Å². The minimum Gasteiger partial charge on any atom is -0.342 e. The second-order valence-electron chi connectivity index (χ2n) is 5.12. The van der Waals surface area contributed by atoms with E-state index in [0.717, 1.165) is 18.5 Å². The minimum absolute atomic E-state index is 0.0828. The van der Waals surface area contributed by atoms with E-state index in [-0.39, 0.29) is 5.91 Å². The summed E-state index contributed by atoms with van der Waals surface area (Å²) < 4.78 is 0. The number of hydrogen-bond acceptors (Lipinski definition) is 2. The summed E-state index contributed by atoms with van der Waals surface area (Å²) in [6.07, 6.45) is 3.43. The highest BCUT2D eigenvalue weighted by Crippen LogP contribution is 2.17. The third kappa shape index (κ3) is 4.30. The number of rotatable bonds is 5. The number of amides is 1. The minimum atomic E-state index is -0.0828. The lowest BCUT2D eigenvalue weighted by atomic mass is 10.1. The van der Waals surface area contributed by atoms with Crippen molar-refractivity contribution in [3.63, 3.8) is 0 Å². The van der Waals surface area contributed by atoms with Crippen LogP contribution in [-0.4, -0.2) is 29.4 Å². The smallest absolute Gasteiger partial charge is 0.256 e. The molecule has 2 aromatic rings. The molecule has 110 valence electrons. The number of carbonyl (C=O) groups is 1. The molecule has 1 amide bonds. The van der Waals surface area contributed by atoms with Crippen LogP contribution in [-0.2, 0) is 6.42 Å². The van der Waals surface area contributed by atoms with Gasteiger partial charge < -0.3 is 4.90 Å². The van der Waals surface area contributed by atoms with E-state index in [1.807, 2.05) is 25.1 Å². The molecule has 1 aromatic carbocycles. The molecule has 0 radical (unpaired) electrons. The Kier molecular flexibility index (Phi) is 5.34. The molecule has 21 heavy (non-hydrogen) atoms. The maximum absolute atomic E-state index is 12.3. The van der Waals surface area contributed by atoms with Crippen molar-refractivity contribution in [1.29, 1.82) is 0 Å². The third-order valence-electron chi connectivity index (χ3n) is 3.37. The molecule has 0 unspecified atom stereocenters. The van der Waals surface area contributed by atoms with Crippen LogP contribution in [0.25, 0.3) is 0 Å². The summed E-state index contributed by atoms with van der Waals surface area (Å²) in [6, 6.07) is 12.0. The van der Waals surface area contributed by atoms with Gasteiger partial charge in [-0.15, -0.1) is 0 Å². The van der Waals surface area contributed by atoms with Crippen LogP contribution >= 0.6 is 11.6 Å². The summed E-state index contributed by atoms with van der Waals surface area (Å²) in [7, 11) is 1.80. The summed E-state index contributed by atoms with van der Waals surface area (Å²) in [5.41, 5.74) is 2.56. The van der Waals surface area contributed by atoms with Gasteiger partial charge in [0.2, 0.25) is 0 Å². The van der Waals surface area contributed by atoms with Gasteiger partial charge in [-0.05, 0) is 31.4 Å². The molecule has 4 heteroatoms. The van der Waals surface area contributed by atoms with Gasteiger partial charge in [0.05, 0.1) is 10.6 Å². The Bertz CT molecular complexity index is 613. The van der Waals surface area contributed by atoms with Crippen molar-refractivity contribution in [2.45, 2.75) is 19.8 Å². The standard InChI is InChI=1S/C17H19ClN2O/c1-13-11-16(18)15(12-19-13)17(21)20(2)10-6-9-14-7-4-3-5-8-14/h3-5,7-8,11-12H,6,9-10H2,1-2H3. The molecule has 0 saturated carbocycles. The summed E-state index contributed by atoms with van der Waals surface area (Å²) in [6.45, 7) is 2.54. The highest BCUT2D eigenvalue weighted by molar-refractivity contribution is 6.33. The van der Waals surface area contributed by atoms with Crippen LogP contribution in [0.15, 0.2) is 42.6 Å². The fraction of sp³-hybridized carbons (Fsp3) is 0.294. The highest BCUT2D eigenvalue weighted by atomic mass is 35.5. The molecule has 0 fully saturated rings. The van der Waals surface area contributed by atoms with Gasteiger partial charge in [-0.2, -0.15) is 0 Å². The Labute approximate surface area is 130 Å². The predicted octanol–water partition coefficient (Wildman–Crippen LogP) is 3.75. The molecule has 0 N–H and O–H groups in total. The van der Waals surface area contributed by atoms with Crippen molar-refractivity contribution in [1.82, 2.24) is 9.88 Å². The molecule has 1 aromatic heterocycles. The lowest BCUT2D eigenvalue weighted by molar-refractivity contribution is 0.0793. The van der Waals surface area contributed by atoms with Crippen molar-refractivity contribution in [3.05, 3.63) is 64.4 Å². The van der Waals surface area contributed by atoms with Gasteiger partial charge in [0.1, 0.15) is 0 Å². The van der Waals surface area contributed by atoms with E-state index in [1.165, 1.54) is 5.56 Å². The summed E-state index contributed by atoms with van der Waals surface area (Å²) in [5.74, 6) is -0.0828. The first-order valence-electron chi connectivity index (χ1n) is 6.99. The van der Waals surface area contributed by atoms with E-state index in [0.29, 0.717) is 17.1 Å². The monoisotopic (exact) mass is 302 g/mol. The van der Waals surface area contributed by atoms with E-state index >= 15 is 0 Å². The topological polar surface area (TPSA) is 33.2 Å². The van der Waals surface area contributed by atoms with Gasteiger partial charge in [-0.1, -0.05) is 41.9 Å². The Morgan fingerprint density at radius 1 is 1.29 bits per heavy atom. The van der Waals surface area contributed by atoms with E-state index in [9.17, 15) is 4.79 Å². The number of aromatic nitrogens is 1. The fourth-order valence-corrected chi connectivity index (χ4v) is 2.44. The molecule has 0 atom stereocenters. The SMILES string of the molecule is Cc1cc(Cl)c(C(=O)N(C)CCCc2ccccc2)cn1. The number of benzene rings is 1. The molecule has 0 aliphatic carbocycles. The maximum atomic E-state index is 12.3. The number of pyridine rings is 1. The summed E-state index contributed by atoms with van der Waals surface area (Å²) >= 11 is 6.11. The Morgan fingerprint density at radius 3 is 2.67 bits per heavy atom. The van der Waals surface area contributed by atoms with Gasteiger partial charge in [-0.25, -0.2) is 0 Å². The van der Waals surface area contributed by atoms with Crippen molar-refractivity contribution in [2.24, 2.45) is 0 Å². The van der Waals surface area contributed by atoms with Gasteiger partial charge in [0, 0.05) is 25.5 Å². The van der Waals surface area contributed by atoms with Crippen LogP contribution in [0, 0.1) is 6.92 Å². The van der Waals surface area contributed by atoms with Crippen molar-refractivity contribution >= 4 is 17.5 Å². The second-order valence-corrected chi connectivity index (χ2v) is 5.53. The molecule has 0 spiro atoms. The van der Waals surface area contributed by atoms with Crippen molar-refractivity contribution < 1.29 is 4.79 Å². The van der Waals surface area contributed by atoms with Crippen LogP contribution in [0.4, 0.5) is 0 Å². The van der Waals surface area contributed by atoms with Gasteiger partial charge in [0.25, 0.3) is 5.91 Å². The zero-order valence-electron chi connectivity index (χ0n) is 12.3. The van der Waals surface area contributed by atoms with Crippen LogP contribution in [0.3, 0.4) is 0 Å². The van der Waals surface area contributed by atoms with Crippen LogP contribution < -0.4 is 0 Å². The largest absolute Gasteiger partial charge is 0.342 e. The number of hydrogen-bond donors (Lipinski definition) is 0. The summed E-state index contributed by atoms with van der Waals surface area (Å²) in [4.78, 5) is 18.2. The van der Waals surface area contributed by atoms with Crippen LogP contribution in [0.1, 0.15) is 28.0 Å². The van der Waals surface area contributed by atoms with Crippen molar-refractivity contribution in [3.8, 4) is 0 Å². The molecule has 0 bridgehead atoms. The first kappa shape index (κ1) is 15.5. The lowest BCUT2D eigenvalue weighted by Crippen LogP contribution is -2.28. The Morgan fingerprint density at radius 2 is 2.00 bits per heavy atom. The third-order valence-corrected chi connectivity index (χ3v) is 3.68. The van der Waals surface area contributed by atoms with Gasteiger partial charge in [-0.3, -0.25) is 9.78 Å². The van der Waals surface area contributed by atoms with Crippen LogP contribution in [0.5, 0.6) is 0 Å². The number of carbonyl (C=O) groups excluding carboxylic acids is 1. The number of nitrogens with zero attached hydrogens (tertiary/aromatic N) is 2. The van der Waals surface area contributed by atoms with E-state index in [4.69, 9.17) is 11.6 Å². The van der Waals surface area contributed by atoms with Gasteiger partial charge in [0.15, 0.2) is 0 Å². The number of halogens is 1. The number of aryl methyl sites for hydroxylation is 2. The average molecular weight is 303 g/mol. The molecular formula is C17H19ClN2O.